The van der Waals surface area contributed by atoms with E-state index in [-0.39, 0.29) is 23.8 Å². The van der Waals surface area contributed by atoms with Gasteiger partial charge in [0.15, 0.2) is 17.8 Å². The quantitative estimate of drug-likeness (QED) is 0.370. The molecule has 2 heterocycles. The summed E-state index contributed by atoms with van der Waals surface area (Å²) < 4.78 is 41.9. The summed E-state index contributed by atoms with van der Waals surface area (Å²) in [6, 6.07) is 12.3. The van der Waals surface area contributed by atoms with Crippen molar-refractivity contribution in [2.75, 3.05) is 0 Å². The van der Waals surface area contributed by atoms with Crippen LogP contribution in [0, 0.1) is 0 Å². The maximum Gasteiger partial charge on any atom is 0.416 e. The minimum atomic E-state index is -4.94. The third kappa shape index (κ3) is 5.29. The van der Waals surface area contributed by atoms with Crippen molar-refractivity contribution in [3.63, 3.8) is 0 Å². The van der Waals surface area contributed by atoms with Gasteiger partial charge in [-0.15, -0.1) is 10.2 Å². The maximum absolute atomic E-state index is 13.0. The van der Waals surface area contributed by atoms with Gasteiger partial charge in [0.2, 0.25) is 0 Å². The summed E-state index contributed by atoms with van der Waals surface area (Å²) in [6.45, 7) is -1.36. The summed E-state index contributed by atoms with van der Waals surface area (Å²) >= 11 is 11.5. The lowest BCUT2D eigenvalue weighted by molar-refractivity contribution is -0.207. The second kappa shape index (κ2) is 9.64. The first-order valence-corrected chi connectivity index (χ1v) is 10.7. The summed E-state index contributed by atoms with van der Waals surface area (Å²) in [7, 11) is 0. The number of carbonyl (C=O) groups excluding carboxylic acids is 1. The van der Waals surface area contributed by atoms with Crippen LogP contribution in [-0.2, 0) is 13.1 Å². The first-order valence-electron chi connectivity index (χ1n) is 9.92. The van der Waals surface area contributed by atoms with Gasteiger partial charge in [-0.3, -0.25) is 9.36 Å². The Morgan fingerprint density at radius 3 is 2.43 bits per heavy atom. The summed E-state index contributed by atoms with van der Waals surface area (Å²) in [5, 5.41) is 17.6. The fourth-order valence-electron chi connectivity index (χ4n) is 3.26. The molecule has 182 valence electrons. The Hall–Kier alpha value is -3.48. The Labute approximate surface area is 205 Å². The Morgan fingerprint density at radius 2 is 1.77 bits per heavy atom. The number of para-hydroxylation sites is 1. The molecule has 0 radical (unpaired) electrons. The van der Waals surface area contributed by atoms with Crippen LogP contribution in [0.2, 0.25) is 5.02 Å². The predicted molar refractivity (Wildman–Crippen MR) is 120 cm³/mol. The summed E-state index contributed by atoms with van der Waals surface area (Å²) in [5.41, 5.74) is -0.0731. The number of aliphatic hydroxyl groups excluding tert-OH is 1. The maximum atomic E-state index is 13.0. The van der Waals surface area contributed by atoms with E-state index in [2.05, 4.69) is 15.2 Å². The average molecular weight is 527 g/mol. The van der Waals surface area contributed by atoms with Crippen molar-refractivity contribution < 1.29 is 23.1 Å². The van der Waals surface area contributed by atoms with Gasteiger partial charge in [0.1, 0.15) is 12.9 Å². The molecule has 0 saturated carbocycles. The van der Waals surface area contributed by atoms with Crippen molar-refractivity contribution >= 4 is 28.4 Å². The molecule has 1 atom stereocenters. The van der Waals surface area contributed by atoms with Crippen LogP contribution < -0.4 is 5.69 Å². The average Bonchev–Trinajstić information content (AvgIpc) is 3.39. The molecule has 14 heteroatoms. The van der Waals surface area contributed by atoms with Gasteiger partial charge >= 0.3 is 11.9 Å². The number of carbonyl (C=O) groups is 1. The zero-order valence-corrected chi connectivity index (χ0v) is 19.0. The highest BCUT2D eigenvalue weighted by molar-refractivity contribution is 6.68. The van der Waals surface area contributed by atoms with Crippen LogP contribution in [-0.4, -0.2) is 51.7 Å². The Morgan fingerprint density at radius 1 is 1.09 bits per heavy atom. The highest BCUT2D eigenvalue weighted by Crippen LogP contribution is 2.24. The van der Waals surface area contributed by atoms with Gasteiger partial charge in [-0.1, -0.05) is 23.7 Å². The lowest BCUT2D eigenvalue weighted by Gasteiger charge is -2.15. The van der Waals surface area contributed by atoms with Crippen molar-refractivity contribution in [2.24, 2.45) is 0 Å². The molecular weight excluding hydrogens is 512 g/mol. The van der Waals surface area contributed by atoms with Crippen LogP contribution in [0.15, 0.2) is 59.7 Å². The third-order valence-electron chi connectivity index (χ3n) is 4.95. The number of aromatic nitrogens is 6. The Balaban J connectivity index is 1.71. The summed E-state index contributed by atoms with van der Waals surface area (Å²) in [6.07, 6.45) is -6.43. The van der Waals surface area contributed by atoms with E-state index in [0.717, 1.165) is 9.25 Å². The standard InChI is InChI=1S/C21H15Cl2F3N6O3/c22-13-7-5-12(6-8-13)19-29-31(20(35)30(19)9-16(33)21(24,25)26)10-17-27-11-32(28-17)15-4-2-1-3-14(15)18(23)34/h1-8,11,16,33H,9-10H2/t16-/m1/s1. The zero-order chi connectivity index (χ0) is 25.3. The molecule has 0 bridgehead atoms. The number of hydrogen-bond donors (Lipinski definition) is 1. The molecule has 0 aliphatic rings. The molecule has 0 amide bonds. The number of benzene rings is 2. The number of aliphatic hydroxyl groups is 1. The van der Waals surface area contributed by atoms with E-state index in [1.807, 2.05) is 0 Å². The van der Waals surface area contributed by atoms with Crippen LogP contribution in [0.3, 0.4) is 0 Å². The molecule has 0 unspecified atom stereocenters. The number of rotatable bonds is 7. The third-order valence-corrected chi connectivity index (χ3v) is 5.41. The molecule has 2 aromatic heterocycles. The normalized spacial score (nSPS) is 12.6. The van der Waals surface area contributed by atoms with Gasteiger partial charge in [-0.2, -0.15) is 13.2 Å². The number of hydrogen-bond acceptors (Lipinski definition) is 6. The smallest absolute Gasteiger partial charge is 0.382 e. The SMILES string of the molecule is O=C(Cl)c1ccccc1-n1cnc(Cn2nc(-c3ccc(Cl)cc3)n(C[C@@H](O)C(F)(F)F)c2=O)n1. The van der Waals surface area contributed by atoms with Crippen molar-refractivity contribution in [1.82, 2.24) is 29.1 Å². The summed E-state index contributed by atoms with van der Waals surface area (Å²) in [4.78, 5) is 28.7. The molecule has 0 aliphatic carbocycles. The van der Waals surface area contributed by atoms with Gasteiger partial charge < -0.3 is 5.11 Å². The van der Waals surface area contributed by atoms with Crippen LogP contribution >= 0.6 is 23.2 Å². The molecule has 35 heavy (non-hydrogen) atoms. The Bertz CT molecular complexity index is 1430. The molecule has 0 spiro atoms. The van der Waals surface area contributed by atoms with Gasteiger partial charge in [0.05, 0.1) is 17.8 Å². The highest BCUT2D eigenvalue weighted by Gasteiger charge is 2.39. The van der Waals surface area contributed by atoms with Gasteiger partial charge in [-0.25, -0.2) is 19.1 Å². The number of halogens is 5. The van der Waals surface area contributed by atoms with E-state index in [0.29, 0.717) is 16.3 Å². The fraction of sp³-hybridized carbons (Fsp3) is 0.190. The van der Waals surface area contributed by atoms with Crippen molar-refractivity contribution in [3.05, 3.63) is 81.8 Å². The Kier molecular flexibility index (Phi) is 6.79. The van der Waals surface area contributed by atoms with E-state index in [1.54, 1.807) is 18.2 Å². The minimum absolute atomic E-state index is 0.0904. The van der Waals surface area contributed by atoms with Crippen LogP contribution in [0.1, 0.15) is 16.2 Å². The zero-order valence-electron chi connectivity index (χ0n) is 17.5. The van der Waals surface area contributed by atoms with Crippen molar-refractivity contribution in [3.8, 4) is 17.1 Å². The monoisotopic (exact) mass is 526 g/mol. The molecule has 0 fully saturated rings. The number of nitrogens with zero attached hydrogens (tertiary/aromatic N) is 6. The lowest BCUT2D eigenvalue weighted by Crippen LogP contribution is -2.37. The van der Waals surface area contributed by atoms with E-state index < -0.39 is 29.8 Å². The number of alkyl halides is 3. The minimum Gasteiger partial charge on any atom is -0.382 e. The van der Waals surface area contributed by atoms with Crippen molar-refractivity contribution in [2.45, 2.75) is 25.4 Å². The molecule has 4 aromatic rings. The molecule has 0 saturated heterocycles. The van der Waals surface area contributed by atoms with Gasteiger partial charge in [0.25, 0.3) is 5.24 Å². The molecular formula is C21H15Cl2F3N6O3. The molecule has 1 N–H and O–H groups in total. The topological polar surface area (TPSA) is 108 Å². The molecule has 2 aromatic carbocycles. The van der Waals surface area contributed by atoms with Crippen molar-refractivity contribution in [1.29, 1.82) is 0 Å². The first-order chi connectivity index (χ1) is 16.5. The lowest BCUT2D eigenvalue weighted by atomic mass is 10.2. The predicted octanol–water partition coefficient (Wildman–Crippen LogP) is 3.30. The van der Waals surface area contributed by atoms with E-state index in [9.17, 15) is 27.9 Å². The first kappa shape index (κ1) is 24.6. The second-order valence-corrected chi connectivity index (χ2v) is 8.11. The molecule has 4 rings (SSSR count). The fourth-order valence-corrected chi connectivity index (χ4v) is 3.54. The molecule has 9 nitrogen and oxygen atoms in total. The van der Waals surface area contributed by atoms with Crippen LogP contribution in [0.4, 0.5) is 13.2 Å². The summed E-state index contributed by atoms with van der Waals surface area (Å²) in [5.74, 6) is -0.0138. The van der Waals surface area contributed by atoms with Crippen LogP contribution in [0.25, 0.3) is 17.1 Å². The largest absolute Gasteiger partial charge is 0.416 e. The molecule has 0 aliphatic heterocycles. The highest BCUT2D eigenvalue weighted by atomic mass is 35.5. The second-order valence-electron chi connectivity index (χ2n) is 7.33. The van der Waals surface area contributed by atoms with Gasteiger partial charge in [0, 0.05) is 10.6 Å². The van der Waals surface area contributed by atoms with E-state index >= 15 is 0 Å². The van der Waals surface area contributed by atoms with E-state index in [1.165, 1.54) is 41.3 Å². The van der Waals surface area contributed by atoms with Crippen LogP contribution in [0.5, 0.6) is 0 Å². The van der Waals surface area contributed by atoms with E-state index in [4.69, 9.17) is 23.2 Å². The van der Waals surface area contributed by atoms with Gasteiger partial charge in [-0.05, 0) is 48.0 Å².